The number of H-pyrrole nitrogens is 1. The Kier molecular flexibility index (Phi) is 13.1. The standard InChI is InChI=1S/C31H40N8O7/c1-18(41)36-26(17-40)30(45)39-25(15-20-16-35-22-11-6-5-10-21(20)22)29(44)38-24(14-19-8-3-2-4-9-19)28(43)37-23(27(32)42)12-7-13-34-31(33)46/h2-6,8-11,16,23-26,35,40H,7,12-15,17H2,1H3,(H2,32,42)(H,36,41)(H,37,43)(H,38,44)(H,39,45)(H3,33,34,46)/t23-,24-,25-,26-/m0/s1. The van der Waals surface area contributed by atoms with E-state index in [0.29, 0.717) is 11.1 Å². The fraction of sp³-hybridized carbons (Fsp3) is 0.355. The predicted octanol–water partition coefficient (Wildman–Crippen LogP) is -1.16. The summed E-state index contributed by atoms with van der Waals surface area (Å²) in [5, 5.41) is 23.1. The molecule has 0 aliphatic heterocycles. The van der Waals surface area contributed by atoms with Crippen molar-refractivity contribution in [2.45, 2.75) is 56.8 Å². The van der Waals surface area contributed by atoms with Crippen molar-refractivity contribution in [3.63, 3.8) is 0 Å². The first-order valence-corrected chi connectivity index (χ1v) is 14.7. The van der Waals surface area contributed by atoms with Gasteiger partial charge >= 0.3 is 6.03 Å². The van der Waals surface area contributed by atoms with Crippen LogP contribution >= 0.6 is 0 Å². The van der Waals surface area contributed by atoms with Crippen molar-refractivity contribution in [1.82, 2.24) is 31.6 Å². The quantitative estimate of drug-likeness (QED) is 0.0821. The molecule has 0 saturated heterocycles. The number of aromatic amines is 1. The molecule has 2 aromatic carbocycles. The molecule has 0 bridgehead atoms. The normalized spacial score (nSPS) is 13.4. The van der Waals surface area contributed by atoms with E-state index in [1.165, 1.54) is 6.92 Å². The molecule has 46 heavy (non-hydrogen) atoms. The number of primary amides is 2. The Morgan fingerprint density at radius 3 is 1.96 bits per heavy atom. The first-order chi connectivity index (χ1) is 22.0. The first-order valence-electron chi connectivity index (χ1n) is 14.7. The molecule has 0 saturated carbocycles. The molecule has 11 N–H and O–H groups in total. The molecule has 4 atom stereocenters. The zero-order chi connectivity index (χ0) is 33.6. The molecular weight excluding hydrogens is 596 g/mol. The number of fused-ring (bicyclic) bond motifs is 1. The van der Waals surface area contributed by atoms with Crippen LogP contribution in [0, 0.1) is 0 Å². The minimum atomic E-state index is -1.32. The molecule has 0 radical (unpaired) electrons. The van der Waals surface area contributed by atoms with Gasteiger partial charge in [-0.25, -0.2) is 4.79 Å². The minimum Gasteiger partial charge on any atom is -0.394 e. The van der Waals surface area contributed by atoms with Gasteiger partial charge in [-0.15, -0.1) is 0 Å². The summed E-state index contributed by atoms with van der Waals surface area (Å²) >= 11 is 0. The number of aromatic nitrogens is 1. The van der Waals surface area contributed by atoms with Gasteiger partial charge in [0, 0.05) is 43.4 Å². The van der Waals surface area contributed by atoms with Crippen LogP contribution in [0.1, 0.15) is 30.9 Å². The Hall–Kier alpha value is -5.44. The Morgan fingerprint density at radius 1 is 0.761 bits per heavy atom. The van der Waals surface area contributed by atoms with Gasteiger partial charge < -0.3 is 48.1 Å². The van der Waals surface area contributed by atoms with Crippen LogP contribution in [-0.2, 0) is 36.8 Å². The Balaban J connectivity index is 1.87. The topological polar surface area (TPSA) is 251 Å². The van der Waals surface area contributed by atoms with Crippen molar-refractivity contribution in [1.29, 1.82) is 0 Å². The highest BCUT2D eigenvalue weighted by molar-refractivity contribution is 5.96. The van der Waals surface area contributed by atoms with E-state index in [0.717, 1.165) is 10.9 Å². The number of hydrogen-bond donors (Lipinski definition) is 9. The van der Waals surface area contributed by atoms with E-state index in [1.807, 2.05) is 24.3 Å². The number of aliphatic hydroxyl groups is 1. The van der Waals surface area contributed by atoms with Gasteiger partial charge in [-0.3, -0.25) is 24.0 Å². The molecule has 7 amide bonds. The number of nitrogens with one attached hydrogen (secondary N) is 6. The Bertz CT molecular complexity index is 1530. The van der Waals surface area contributed by atoms with E-state index in [9.17, 15) is 33.9 Å². The number of amides is 7. The third kappa shape index (κ3) is 10.6. The zero-order valence-electron chi connectivity index (χ0n) is 25.4. The van der Waals surface area contributed by atoms with E-state index in [4.69, 9.17) is 11.5 Å². The summed E-state index contributed by atoms with van der Waals surface area (Å²) < 4.78 is 0. The molecule has 0 aliphatic rings. The molecule has 3 aromatic rings. The molecule has 1 aromatic heterocycles. The van der Waals surface area contributed by atoms with Crippen LogP contribution in [0.4, 0.5) is 4.79 Å². The van der Waals surface area contributed by atoms with Gasteiger partial charge in [-0.05, 0) is 30.0 Å². The number of benzene rings is 2. The molecule has 15 nitrogen and oxygen atoms in total. The summed E-state index contributed by atoms with van der Waals surface area (Å²) in [7, 11) is 0. The minimum absolute atomic E-state index is 0.00371. The van der Waals surface area contributed by atoms with E-state index in [-0.39, 0.29) is 32.2 Å². The molecule has 0 aliphatic carbocycles. The van der Waals surface area contributed by atoms with Crippen molar-refractivity contribution in [3.05, 3.63) is 71.9 Å². The molecular formula is C31H40N8O7. The lowest BCUT2D eigenvalue weighted by Crippen LogP contribution is -2.59. The van der Waals surface area contributed by atoms with Crippen molar-refractivity contribution in [2.75, 3.05) is 13.2 Å². The van der Waals surface area contributed by atoms with Gasteiger partial charge in [0.15, 0.2) is 0 Å². The second kappa shape index (κ2) is 17.2. The molecule has 0 fully saturated rings. The van der Waals surface area contributed by atoms with E-state index >= 15 is 0 Å². The summed E-state index contributed by atoms with van der Waals surface area (Å²) in [6.07, 6.45) is 2.11. The van der Waals surface area contributed by atoms with E-state index in [2.05, 4.69) is 31.6 Å². The Morgan fingerprint density at radius 2 is 1.35 bits per heavy atom. The molecule has 0 spiro atoms. The smallest absolute Gasteiger partial charge is 0.312 e. The van der Waals surface area contributed by atoms with Crippen LogP contribution in [0.15, 0.2) is 60.8 Å². The maximum Gasteiger partial charge on any atom is 0.312 e. The van der Waals surface area contributed by atoms with Gasteiger partial charge in [0.25, 0.3) is 0 Å². The second-order valence-electron chi connectivity index (χ2n) is 10.7. The highest BCUT2D eigenvalue weighted by atomic mass is 16.3. The van der Waals surface area contributed by atoms with Crippen LogP contribution in [-0.4, -0.2) is 83.0 Å². The highest BCUT2D eigenvalue weighted by Gasteiger charge is 2.31. The zero-order valence-corrected chi connectivity index (χ0v) is 25.4. The number of hydrogen-bond acceptors (Lipinski definition) is 7. The maximum absolute atomic E-state index is 13.9. The van der Waals surface area contributed by atoms with E-state index in [1.54, 1.807) is 36.5 Å². The molecule has 246 valence electrons. The largest absolute Gasteiger partial charge is 0.394 e. The number of urea groups is 1. The number of carbonyl (C=O) groups is 6. The number of rotatable bonds is 17. The fourth-order valence-electron chi connectivity index (χ4n) is 4.85. The third-order valence-corrected chi connectivity index (χ3v) is 7.15. The molecule has 15 heteroatoms. The van der Waals surface area contributed by atoms with Crippen molar-refractivity contribution in [2.24, 2.45) is 11.5 Å². The average Bonchev–Trinajstić information content (AvgIpc) is 3.43. The van der Waals surface area contributed by atoms with Crippen molar-refractivity contribution < 1.29 is 33.9 Å². The van der Waals surface area contributed by atoms with Gasteiger partial charge in [0.2, 0.25) is 29.5 Å². The number of nitrogens with two attached hydrogens (primary N) is 2. The lowest BCUT2D eigenvalue weighted by molar-refractivity contribution is -0.134. The SMILES string of the molecule is CC(=O)N[C@@H](CO)C(=O)N[C@@H](Cc1c[nH]c2ccccc12)C(=O)N[C@@H](Cc1ccccc1)C(=O)N[C@@H](CCCNC(N)=O)C(N)=O. The van der Waals surface area contributed by atoms with Gasteiger partial charge in [0.05, 0.1) is 6.61 Å². The van der Waals surface area contributed by atoms with Crippen molar-refractivity contribution in [3.8, 4) is 0 Å². The van der Waals surface area contributed by atoms with Crippen LogP contribution in [0.5, 0.6) is 0 Å². The van der Waals surface area contributed by atoms with Gasteiger partial charge in [-0.2, -0.15) is 0 Å². The third-order valence-electron chi connectivity index (χ3n) is 7.15. The van der Waals surface area contributed by atoms with Crippen molar-refractivity contribution >= 4 is 46.5 Å². The molecule has 0 unspecified atom stereocenters. The maximum atomic E-state index is 13.9. The number of carbonyl (C=O) groups excluding carboxylic acids is 6. The summed E-state index contributed by atoms with van der Waals surface area (Å²) in [5.41, 5.74) is 12.8. The highest BCUT2D eigenvalue weighted by Crippen LogP contribution is 2.19. The Labute approximate surface area is 265 Å². The van der Waals surface area contributed by atoms with Gasteiger partial charge in [0.1, 0.15) is 24.2 Å². The van der Waals surface area contributed by atoms with Gasteiger partial charge in [-0.1, -0.05) is 48.5 Å². The summed E-state index contributed by atoms with van der Waals surface area (Å²) in [4.78, 5) is 78.3. The monoisotopic (exact) mass is 636 g/mol. The summed E-state index contributed by atoms with van der Waals surface area (Å²) in [5.74, 6) is -3.60. The lowest BCUT2D eigenvalue weighted by atomic mass is 10.0. The van der Waals surface area contributed by atoms with Crippen LogP contribution in [0.3, 0.4) is 0 Å². The predicted molar refractivity (Wildman–Crippen MR) is 169 cm³/mol. The first kappa shape index (κ1) is 35.0. The van der Waals surface area contributed by atoms with E-state index < -0.39 is 66.3 Å². The summed E-state index contributed by atoms with van der Waals surface area (Å²) in [6, 6.07) is 10.6. The lowest BCUT2D eigenvalue weighted by Gasteiger charge is -2.26. The van der Waals surface area contributed by atoms with Crippen LogP contribution < -0.4 is 38.1 Å². The summed E-state index contributed by atoms with van der Waals surface area (Å²) in [6.45, 7) is 0.628. The second-order valence-corrected chi connectivity index (χ2v) is 10.7. The molecule has 3 rings (SSSR count). The van der Waals surface area contributed by atoms with Crippen LogP contribution in [0.2, 0.25) is 0 Å². The average molecular weight is 637 g/mol. The fourth-order valence-corrected chi connectivity index (χ4v) is 4.85. The number of para-hydroxylation sites is 1. The molecule has 1 heterocycles. The van der Waals surface area contributed by atoms with Crippen LogP contribution in [0.25, 0.3) is 10.9 Å². The number of aliphatic hydroxyl groups excluding tert-OH is 1.